The second-order valence-electron chi connectivity index (χ2n) is 1.27. The molecule has 0 aromatic carbocycles. The van der Waals surface area contributed by atoms with Gasteiger partial charge in [-0.25, -0.2) is 8.42 Å². The van der Waals surface area contributed by atoms with Crippen LogP contribution in [-0.4, -0.2) is 12.8 Å². The zero-order valence-electron chi connectivity index (χ0n) is 4.11. The summed E-state index contributed by atoms with van der Waals surface area (Å²) in [5.74, 6) is 0. The van der Waals surface area contributed by atoms with Crippen molar-refractivity contribution in [1.29, 1.82) is 0 Å². The third-order valence-corrected chi connectivity index (χ3v) is 3.47. The average molecular weight is 184 g/mol. The fraction of sp³-hybridized carbons (Fsp3) is 0. The molecule has 1 heterocycles. The van der Waals surface area contributed by atoms with Crippen LogP contribution in [0.25, 0.3) is 0 Å². The Morgan fingerprint density at radius 2 is 2.33 bits per heavy atom. The first kappa shape index (κ1) is 6.98. The zero-order chi connectivity index (χ0) is 6.91. The van der Waals surface area contributed by atoms with E-state index in [1.807, 2.05) is 0 Å². The normalized spacial score (nSPS) is 11.7. The van der Waals surface area contributed by atoms with Gasteiger partial charge in [-0.15, -0.1) is 0 Å². The minimum Gasteiger partial charge on any atom is -0.206 e. The second kappa shape index (κ2) is 2.24. The van der Waals surface area contributed by atoms with Crippen LogP contribution >= 0.6 is 22.2 Å². The van der Waals surface area contributed by atoms with Gasteiger partial charge < -0.3 is 0 Å². The summed E-state index contributed by atoms with van der Waals surface area (Å²) >= 11 is 0.860. The number of nitrogens with zero attached hydrogens (tertiary/aromatic N) is 1. The molecule has 50 valence electrons. The molecule has 9 heavy (non-hydrogen) atoms. The number of hydrogen-bond acceptors (Lipinski definition) is 4. The minimum absolute atomic E-state index is 0.0872. The van der Waals surface area contributed by atoms with Crippen molar-refractivity contribution in [1.82, 2.24) is 4.37 Å². The maximum atomic E-state index is 10.4. The topological polar surface area (TPSA) is 47.0 Å². The number of aromatic nitrogens is 1. The maximum Gasteiger partial charge on any atom is 0.272 e. The molecule has 0 bridgehead atoms. The van der Waals surface area contributed by atoms with Gasteiger partial charge in [0.05, 0.1) is 0 Å². The molecule has 0 atom stereocenters. The predicted octanol–water partition coefficient (Wildman–Crippen LogP) is 1.07. The van der Waals surface area contributed by atoms with Crippen LogP contribution in [0.4, 0.5) is 0 Å². The third kappa shape index (κ3) is 1.64. The van der Waals surface area contributed by atoms with Gasteiger partial charge in [-0.1, -0.05) is 0 Å². The van der Waals surface area contributed by atoms with Crippen molar-refractivity contribution in [2.45, 2.75) is 4.21 Å². The Bertz CT molecular complexity index is 277. The lowest BCUT2D eigenvalue weighted by Crippen LogP contribution is -1.82. The van der Waals surface area contributed by atoms with Crippen LogP contribution in [-0.2, 0) is 9.05 Å². The summed E-state index contributed by atoms with van der Waals surface area (Å²) in [5.41, 5.74) is 0. The van der Waals surface area contributed by atoms with Crippen LogP contribution in [0.3, 0.4) is 0 Å². The molecular formula is C3H2ClNO2S2. The van der Waals surface area contributed by atoms with E-state index in [-0.39, 0.29) is 4.21 Å². The molecular weight excluding hydrogens is 182 g/mol. The summed E-state index contributed by atoms with van der Waals surface area (Å²) in [5, 5.41) is 0. The summed E-state index contributed by atoms with van der Waals surface area (Å²) in [6, 6.07) is 1.35. The highest BCUT2D eigenvalue weighted by Crippen LogP contribution is 2.17. The number of hydrogen-bond donors (Lipinski definition) is 0. The van der Waals surface area contributed by atoms with Crippen molar-refractivity contribution in [2.24, 2.45) is 0 Å². The minimum atomic E-state index is -3.53. The standard InChI is InChI=1S/C3H2ClNO2S2/c4-9(6,7)3-1-2-5-8-3/h1-2H. The average Bonchev–Trinajstić information content (AvgIpc) is 2.08. The molecule has 0 unspecified atom stereocenters. The van der Waals surface area contributed by atoms with E-state index < -0.39 is 9.05 Å². The fourth-order valence-corrected chi connectivity index (χ4v) is 1.79. The Hall–Kier alpha value is -0.130. The smallest absolute Gasteiger partial charge is 0.206 e. The molecule has 1 rings (SSSR count). The Balaban J connectivity index is 3.20. The summed E-state index contributed by atoms with van der Waals surface area (Å²) in [7, 11) is 1.41. The molecule has 0 amide bonds. The van der Waals surface area contributed by atoms with Gasteiger partial charge in [0.1, 0.15) is 0 Å². The van der Waals surface area contributed by atoms with Crippen LogP contribution in [0.1, 0.15) is 0 Å². The van der Waals surface area contributed by atoms with Crippen molar-refractivity contribution in [3.63, 3.8) is 0 Å². The van der Waals surface area contributed by atoms with Gasteiger partial charge >= 0.3 is 0 Å². The van der Waals surface area contributed by atoms with Gasteiger partial charge in [0.15, 0.2) is 4.21 Å². The number of halogens is 1. The van der Waals surface area contributed by atoms with Crippen LogP contribution < -0.4 is 0 Å². The third-order valence-electron chi connectivity index (χ3n) is 0.654. The van der Waals surface area contributed by atoms with Gasteiger partial charge in [-0.05, 0) is 17.6 Å². The lowest BCUT2D eigenvalue weighted by Gasteiger charge is -1.81. The van der Waals surface area contributed by atoms with Gasteiger partial charge in [-0.2, -0.15) is 4.37 Å². The maximum absolute atomic E-state index is 10.4. The lowest BCUT2D eigenvalue weighted by molar-refractivity contribution is 0.611. The first-order valence-corrected chi connectivity index (χ1v) is 5.04. The van der Waals surface area contributed by atoms with Gasteiger partial charge in [0, 0.05) is 16.9 Å². The first-order chi connectivity index (χ1) is 4.11. The van der Waals surface area contributed by atoms with E-state index in [1.54, 1.807) is 0 Å². The molecule has 0 N–H and O–H groups in total. The predicted molar refractivity (Wildman–Crippen MR) is 35.2 cm³/mol. The SMILES string of the molecule is O=S(=O)(Cl)c1ccns1. The fourth-order valence-electron chi connectivity index (χ4n) is 0.330. The van der Waals surface area contributed by atoms with Crippen molar-refractivity contribution < 1.29 is 8.42 Å². The molecule has 0 radical (unpaired) electrons. The van der Waals surface area contributed by atoms with E-state index in [2.05, 4.69) is 4.37 Å². The lowest BCUT2D eigenvalue weighted by atomic mass is 10.8. The van der Waals surface area contributed by atoms with Gasteiger partial charge in [-0.3, -0.25) is 0 Å². The molecule has 1 aromatic rings. The largest absolute Gasteiger partial charge is 0.272 e. The molecule has 1 aromatic heterocycles. The zero-order valence-corrected chi connectivity index (χ0v) is 6.50. The van der Waals surface area contributed by atoms with E-state index >= 15 is 0 Å². The van der Waals surface area contributed by atoms with Crippen molar-refractivity contribution in [3.8, 4) is 0 Å². The monoisotopic (exact) mass is 183 g/mol. The highest BCUT2D eigenvalue weighted by Gasteiger charge is 2.10. The van der Waals surface area contributed by atoms with E-state index in [0.29, 0.717) is 0 Å². The quantitative estimate of drug-likeness (QED) is 0.612. The van der Waals surface area contributed by atoms with Crippen LogP contribution in [0.5, 0.6) is 0 Å². The Morgan fingerprint density at radius 1 is 1.67 bits per heavy atom. The molecule has 0 aliphatic carbocycles. The molecule has 0 saturated heterocycles. The number of rotatable bonds is 1. The summed E-state index contributed by atoms with van der Waals surface area (Å²) in [6.07, 6.45) is 1.39. The summed E-state index contributed by atoms with van der Waals surface area (Å²) in [6.45, 7) is 0. The van der Waals surface area contributed by atoms with Crippen LogP contribution in [0.2, 0.25) is 0 Å². The first-order valence-electron chi connectivity index (χ1n) is 1.96. The van der Waals surface area contributed by atoms with Crippen molar-refractivity contribution in [2.75, 3.05) is 0 Å². The van der Waals surface area contributed by atoms with Crippen molar-refractivity contribution >= 4 is 31.3 Å². The molecule has 6 heteroatoms. The summed E-state index contributed by atoms with van der Waals surface area (Å²) < 4.78 is 24.5. The second-order valence-corrected chi connectivity index (χ2v) is 4.90. The molecule has 0 fully saturated rings. The van der Waals surface area contributed by atoms with E-state index in [0.717, 1.165) is 11.5 Å². The van der Waals surface area contributed by atoms with Crippen molar-refractivity contribution in [3.05, 3.63) is 12.3 Å². The molecule has 3 nitrogen and oxygen atoms in total. The van der Waals surface area contributed by atoms with E-state index in [9.17, 15) is 8.42 Å². The van der Waals surface area contributed by atoms with Crippen LogP contribution in [0, 0.1) is 0 Å². The molecule has 0 spiro atoms. The van der Waals surface area contributed by atoms with E-state index in [4.69, 9.17) is 10.7 Å². The Morgan fingerprint density at radius 3 is 2.56 bits per heavy atom. The Labute approximate surface area is 60.9 Å². The molecule has 0 aliphatic heterocycles. The molecule has 0 saturated carbocycles. The van der Waals surface area contributed by atoms with Gasteiger partial charge in [0.25, 0.3) is 9.05 Å². The van der Waals surface area contributed by atoms with Crippen LogP contribution in [0.15, 0.2) is 16.5 Å². The summed E-state index contributed by atoms with van der Waals surface area (Å²) in [4.78, 5) is 0. The highest BCUT2D eigenvalue weighted by molar-refractivity contribution is 8.15. The van der Waals surface area contributed by atoms with Gasteiger partial charge in [0.2, 0.25) is 0 Å². The highest BCUT2D eigenvalue weighted by atomic mass is 35.7. The molecule has 0 aliphatic rings. The van der Waals surface area contributed by atoms with E-state index in [1.165, 1.54) is 12.3 Å². The Kier molecular flexibility index (Phi) is 1.74.